The van der Waals surface area contributed by atoms with Gasteiger partial charge < -0.3 is 9.47 Å². The van der Waals surface area contributed by atoms with E-state index in [2.05, 4.69) is 9.88 Å². The van der Waals surface area contributed by atoms with Crippen LogP contribution in [-0.4, -0.2) is 67.1 Å². The van der Waals surface area contributed by atoms with Crippen molar-refractivity contribution in [2.75, 3.05) is 32.7 Å². The standard InChI is InChI=1S/C16H24N6O3/c1-12(23)21-6-4-5-20(7-9-21)8-10-22-11-17-14-13(22)15(24)19(3)16(25)18(14)2/h11H,4-10H2,1-3H3. The predicted octanol–water partition coefficient (Wildman–Crippen LogP) is -1.01. The lowest BCUT2D eigenvalue weighted by atomic mass is 10.3. The fourth-order valence-corrected chi connectivity index (χ4v) is 3.33. The van der Waals surface area contributed by atoms with Gasteiger partial charge in [-0.1, -0.05) is 0 Å². The zero-order valence-corrected chi connectivity index (χ0v) is 14.9. The number of nitrogens with zero attached hydrogens (tertiary/aromatic N) is 6. The van der Waals surface area contributed by atoms with E-state index in [1.54, 1.807) is 20.3 Å². The number of aryl methyl sites for hydroxylation is 1. The highest BCUT2D eigenvalue weighted by molar-refractivity contribution is 5.73. The summed E-state index contributed by atoms with van der Waals surface area (Å²) in [5.41, 5.74) is 0.158. The van der Waals surface area contributed by atoms with E-state index in [1.165, 1.54) is 11.6 Å². The molecule has 0 spiro atoms. The van der Waals surface area contributed by atoms with Gasteiger partial charge in [0.15, 0.2) is 11.2 Å². The van der Waals surface area contributed by atoms with E-state index in [0.29, 0.717) is 17.7 Å². The van der Waals surface area contributed by atoms with Crippen LogP contribution < -0.4 is 11.2 Å². The van der Waals surface area contributed by atoms with Crippen LogP contribution in [-0.2, 0) is 25.4 Å². The molecule has 0 radical (unpaired) electrons. The van der Waals surface area contributed by atoms with Crippen molar-refractivity contribution in [2.24, 2.45) is 14.1 Å². The number of amides is 1. The Morgan fingerprint density at radius 3 is 2.56 bits per heavy atom. The molecule has 0 aliphatic carbocycles. The Labute approximate surface area is 145 Å². The molecule has 0 aromatic carbocycles. The Morgan fingerprint density at radius 1 is 1.08 bits per heavy atom. The number of fused-ring (bicyclic) bond motifs is 1. The van der Waals surface area contributed by atoms with Crippen LogP contribution in [0.3, 0.4) is 0 Å². The van der Waals surface area contributed by atoms with Crippen LogP contribution in [0.15, 0.2) is 15.9 Å². The van der Waals surface area contributed by atoms with Crippen molar-refractivity contribution in [3.63, 3.8) is 0 Å². The molecule has 2 aromatic rings. The minimum absolute atomic E-state index is 0.117. The molecule has 0 atom stereocenters. The third-order valence-electron chi connectivity index (χ3n) is 4.91. The average Bonchev–Trinajstić information content (AvgIpc) is 2.86. The number of rotatable bonds is 3. The van der Waals surface area contributed by atoms with Gasteiger partial charge in [0.1, 0.15) is 0 Å². The van der Waals surface area contributed by atoms with Gasteiger partial charge in [0.25, 0.3) is 5.56 Å². The molecule has 1 aliphatic heterocycles. The Hall–Kier alpha value is -2.42. The normalized spacial score (nSPS) is 16.4. The maximum atomic E-state index is 12.4. The molecule has 1 aliphatic rings. The van der Waals surface area contributed by atoms with E-state index in [9.17, 15) is 14.4 Å². The molecule has 0 bridgehead atoms. The number of imidazole rings is 1. The van der Waals surface area contributed by atoms with E-state index in [0.717, 1.165) is 43.7 Å². The first-order chi connectivity index (χ1) is 11.9. The molecule has 1 amide bonds. The Kier molecular flexibility index (Phi) is 4.76. The Morgan fingerprint density at radius 2 is 1.84 bits per heavy atom. The van der Waals surface area contributed by atoms with Gasteiger partial charge in [-0.15, -0.1) is 0 Å². The molecule has 9 heteroatoms. The molecule has 1 fully saturated rings. The fourth-order valence-electron chi connectivity index (χ4n) is 3.33. The van der Waals surface area contributed by atoms with Crippen LogP contribution in [0.1, 0.15) is 13.3 Å². The number of aromatic nitrogens is 4. The van der Waals surface area contributed by atoms with Crippen LogP contribution in [0.5, 0.6) is 0 Å². The maximum absolute atomic E-state index is 12.4. The second-order valence-corrected chi connectivity index (χ2v) is 6.52. The van der Waals surface area contributed by atoms with Gasteiger partial charge in [0, 0.05) is 53.7 Å². The molecule has 0 unspecified atom stereocenters. The summed E-state index contributed by atoms with van der Waals surface area (Å²) in [6.07, 6.45) is 2.56. The lowest BCUT2D eigenvalue weighted by Gasteiger charge is -2.21. The monoisotopic (exact) mass is 348 g/mol. The van der Waals surface area contributed by atoms with Gasteiger partial charge in [-0.3, -0.25) is 23.6 Å². The summed E-state index contributed by atoms with van der Waals surface area (Å²) in [5, 5.41) is 0. The summed E-state index contributed by atoms with van der Waals surface area (Å²) >= 11 is 0. The Bertz CT molecular complexity index is 909. The smallest absolute Gasteiger partial charge is 0.332 e. The van der Waals surface area contributed by atoms with Crippen LogP contribution in [0.4, 0.5) is 0 Å². The minimum atomic E-state index is -0.375. The summed E-state index contributed by atoms with van der Waals surface area (Å²) < 4.78 is 4.31. The van der Waals surface area contributed by atoms with Crippen molar-refractivity contribution in [3.05, 3.63) is 27.2 Å². The minimum Gasteiger partial charge on any atom is -0.342 e. The highest BCUT2D eigenvalue weighted by Crippen LogP contribution is 2.07. The van der Waals surface area contributed by atoms with Crippen LogP contribution >= 0.6 is 0 Å². The summed E-state index contributed by atoms with van der Waals surface area (Å²) in [6, 6.07) is 0. The largest absolute Gasteiger partial charge is 0.342 e. The SMILES string of the molecule is CC(=O)N1CCCN(CCn2cnc3c2c(=O)n(C)c(=O)n3C)CC1. The zero-order chi connectivity index (χ0) is 18.1. The summed E-state index contributed by atoms with van der Waals surface area (Å²) in [7, 11) is 3.10. The Balaban J connectivity index is 1.77. The van der Waals surface area contributed by atoms with Crippen LogP contribution in [0, 0.1) is 0 Å². The van der Waals surface area contributed by atoms with Gasteiger partial charge in [-0.2, -0.15) is 0 Å². The summed E-state index contributed by atoms with van der Waals surface area (Å²) in [4.78, 5) is 44.3. The highest BCUT2D eigenvalue weighted by atomic mass is 16.2. The lowest BCUT2D eigenvalue weighted by Crippen LogP contribution is -2.38. The van der Waals surface area contributed by atoms with Gasteiger partial charge in [0.2, 0.25) is 5.91 Å². The van der Waals surface area contributed by atoms with E-state index < -0.39 is 0 Å². The summed E-state index contributed by atoms with van der Waals surface area (Å²) in [6.45, 7) is 6.26. The molecular weight excluding hydrogens is 324 g/mol. The predicted molar refractivity (Wildman–Crippen MR) is 93.5 cm³/mol. The first kappa shape index (κ1) is 17.4. The number of hydrogen-bond acceptors (Lipinski definition) is 5. The van der Waals surface area contributed by atoms with Gasteiger partial charge in [-0.25, -0.2) is 9.78 Å². The molecular formula is C16H24N6O3. The number of carbonyl (C=O) groups excluding carboxylic acids is 1. The second kappa shape index (κ2) is 6.83. The first-order valence-electron chi connectivity index (χ1n) is 8.49. The van der Waals surface area contributed by atoms with Crippen molar-refractivity contribution in [2.45, 2.75) is 19.9 Å². The average molecular weight is 348 g/mol. The number of carbonyl (C=O) groups is 1. The molecule has 1 saturated heterocycles. The highest BCUT2D eigenvalue weighted by Gasteiger charge is 2.18. The quantitative estimate of drug-likeness (QED) is 0.709. The van der Waals surface area contributed by atoms with Crippen LogP contribution in [0.25, 0.3) is 11.2 Å². The molecule has 9 nitrogen and oxygen atoms in total. The maximum Gasteiger partial charge on any atom is 0.332 e. The topological polar surface area (TPSA) is 85.4 Å². The van der Waals surface area contributed by atoms with Crippen molar-refractivity contribution >= 4 is 17.1 Å². The van der Waals surface area contributed by atoms with E-state index >= 15 is 0 Å². The second-order valence-electron chi connectivity index (χ2n) is 6.52. The molecule has 3 heterocycles. The summed E-state index contributed by atoms with van der Waals surface area (Å²) in [5.74, 6) is 0.117. The molecule has 3 rings (SSSR count). The van der Waals surface area contributed by atoms with Gasteiger partial charge in [-0.05, 0) is 13.0 Å². The third kappa shape index (κ3) is 3.23. The fraction of sp³-hybridized carbons (Fsp3) is 0.625. The number of hydrogen-bond donors (Lipinski definition) is 0. The van der Waals surface area contributed by atoms with E-state index in [1.807, 2.05) is 9.47 Å². The lowest BCUT2D eigenvalue weighted by molar-refractivity contribution is -0.128. The third-order valence-corrected chi connectivity index (χ3v) is 4.91. The van der Waals surface area contributed by atoms with Crippen LogP contribution in [0.2, 0.25) is 0 Å². The molecule has 0 N–H and O–H groups in total. The molecule has 25 heavy (non-hydrogen) atoms. The van der Waals surface area contributed by atoms with E-state index in [4.69, 9.17) is 0 Å². The molecule has 2 aromatic heterocycles. The van der Waals surface area contributed by atoms with Gasteiger partial charge in [0.05, 0.1) is 6.33 Å². The molecule has 0 saturated carbocycles. The van der Waals surface area contributed by atoms with Crippen molar-refractivity contribution < 1.29 is 4.79 Å². The van der Waals surface area contributed by atoms with Crippen molar-refractivity contribution in [1.82, 2.24) is 28.5 Å². The first-order valence-corrected chi connectivity index (χ1v) is 8.49. The van der Waals surface area contributed by atoms with E-state index in [-0.39, 0.29) is 17.2 Å². The van der Waals surface area contributed by atoms with Crippen molar-refractivity contribution in [3.8, 4) is 0 Å². The van der Waals surface area contributed by atoms with Crippen molar-refractivity contribution in [1.29, 1.82) is 0 Å². The molecule has 136 valence electrons. The zero-order valence-electron chi connectivity index (χ0n) is 14.9. The van der Waals surface area contributed by atoms with Gasteiger partial charge >= 0.3 is 5.69 Å².